The van der Waals surface area contributed by atoms with Crippen LogP contribution in [0.25, 0.3) is 0 Å². The maximum absolute atomic E-state index is 10.2. The smallest absolute Gasteiger partial charge is 0.210 e. The summed E-state index contributed by atoms with van der Waals surface area (Å²) in [6, 6.07) is -0.663. The summed E-state index contributed by atoms with van der Waals surface area (Å²) in [4.78, 5) is 9.32. The van der Waals surface area contributed by atoms with Crippen LogP contribution in [0.15, 0.2) is 9.98 Å². The minimum atomic E-state index is -1.12. The molecular formula is C17H30N2O6. The van der Waals surface area contributed by atoms with Crippen LogP contribution >= 0.6 is 0 Å². The molecule has 2 aliphatic rings. The van der Waals surface area contributed by atoms with Gasteiger partial charge in [0.1, 0.15) is 30.4 Å². The minimum Gasteiger partial charge on any atom is -0.480 e. The molecule has 0 amide bonds. The summed E-state index contributed by atoms with van der Waals surface area (Å²) in [5.41, 5.74) is 0. The highest BCUT2D eigenvalue weighted by Gasteiger charge is 2.44. The number of rotatable bonds is 6. The van der Waals surface area contributed by atoms with Crippen molar-refractivity contribution in [1.29, 1.82) is 0 Å². The Morgan fingerprint density at radius 3 is 2.12 bits per heavy atom. The Bertz CT molecular complexity index is 496. The van der Waals surface area contributed by atoms with Crippen LogP contribution < -0.4 is 0 Å². The lowest BCUT2D eigenvalue weighted by Crippen LogP contribution is -2.41. The Balaban J connectivity index is 2.20. The molecule has 0 spiro atoms. The number of ether oxygens (including phenoxy) is 3. The van der Waals surface area contributed by atoms with E-state index in [4.69, 9.17) is 14.2 Å². The van der Waals surface area contributed by atoms with Gasteiger partial charge in [0, 0.05) is 6.42 Å². The predicted molar refractivity (Wildman–Crippen MR) is 92.9 cm³/mol. The number of hydrogen-bond donors (Lipinski definition) is 3. The number of aliphatic imine (C=N–C) groups is 2. The van der Waals surface area contributed by atoms with Gasteiger partial charge in [-0.3, -0.25) is 0 Å². The van der Waals surface area contributed by atoms with Crippen molar-refractivity contribution in [1.82, 2.24) is 0 Å². The van der Waals surface area contributed by atoms with Gasteiger partial charge in [-0.15, -0.1) is 0 Å². The van der Waals surface area contributed by atoms with Gasteiger partial charge >= 0.3 is 0 Å². The average Bonchev–Trinajstić information content (AvgIpc) is 2.85. The van der Waals surface area contributed by atoms with E-state index in [0.717, 1.165) is 0 Å². The van der Waals surface area contributed by atoms with E-state index in [-0.39, 0.29) is 25.0 Å². The lowest BCUT2D eigenvalue weighted by Gasteiger charge is -2.29. The first-order chi connectivity index (χ1) is 11.9. The summed E-state index contributed by atoms with van der Waals surface area (Å²) in [6.07, 6.45) is -3.38. The maximum atomic E-state index is 10.2. The first-order valence-corrected chi connectivity index (χ1v) is 8.96. The van der Waals surface area contributed by atoms with Crippen molar-refractivity contribution in [3.63, 3.8) is 0 Å². The molecule has 0 bridgehead atoms. The topological polar surface area (TPSA) is 113 Å². The van der Waals surface area contributed by atoms with Crippen LogP contribution in [0.1, 0.15) is 34.1 Å². The average molecular weight is 358 g/mol. The predicted octanol–water partition coefficient (Wildman–Crippen LogP) is 0.135. The minimum absolute atomic E-state index is 0.204. The molecule has 0 aliphatic carbocycles. The molecule has 3 N–H and O–H groups in total. The van der Waals surface area contributed by atoms with Crippen LogP contribution in [0.4, 0.5) is 0 Å². The molecule has 0 aromatic rings. The molecule has 144 valence electrons. The van der Waals surface area contributed by atoms with E-state index in [0.29, 0.717) is 25.0 Å². The van der Waals surface area contributed by atoms with Crippen molar-refractivity contribution in [3.8, 4) is 0 Å². The van der Waals surface area contributed by atoms with Gasteiger partial charge < -0.3 is 29.5 Å². The maximum Gasteiger partial charge on any atom is 0.210 e. The van der Waals surface area contributed by atoms with Gasteiger partial charge in [-0.1, -0.05) is 13.8 Å². The van der Waals surface area contributed by atoms with E-state index < -0.39 is 30.5 Å². The van der Waals surface area contributed by atoms with Gasteiger partial charge in [-0.2, -0.15) is 0 Å². The Hall–Kier alpha value is -1.22. The second-order valence-corrected chi connectivity index (χ2v) is 6.62. The van der Waals surface area contributed by atoms with E-state index in [1.807, 2.05) is 27.7 Å². The number of hydrogen-bond acceptors (Lipinski definition) is 8. The fourth-order valence-corrected chi connectivity index (χ4v) is 3.09. The van der Waals surface area contributed by atoms with Crippen molar-refractivity contribution >= 4 is 11.8 Å². The zero-order valence-corrected chi connectivity index (χ0v) is 15.3. The largest absolute Gasteiger partial charge is 0.480 e. The number of aliphatic hydroxyl groups excluding tert-OH is 3. The SMILES string of the molecule is CCOC1=N[C@H](C(C)C)C(OCC)=N[C@H]1C[C@H]1O[C@H](CO)[C@@H](O)[C@@H]1O. The quantitative estimate of drug-likeness (QED) is 0.622. The molecule has 8 nitrogen and oxygen atoms in total. The van der Waals surface area contributed by atoms with Crippen LogP contribution in [0.5, 0.6) is 0 Å². The summed E-state index contributed by atoms with van der Waals surface area (Å²) in [6.45, 7) is 8.44. The van der Waals surface area contributed by atoms with E-state index in [1.54, 1.807) is 0 Å². The zero-order valence-electron chi connectivity index (χ0n) is 15.3. The molecule has 2 rings (SSSR count). The Morgan fingerprint density at radius 2 is 1.60 bits per heavy atom. The van der Waals surface area contributed by atoms with Crippen molar-refractivity contribution in [2.45, 2.75) is 70.6 Å². The highest BCUT2D eigenvalue weighted by Crippen LogP contribution is 2.28. The molecule has 2 aliphatic heterocycles. The molecule has 8 heteroatoms. The second kappa shape index (κ2) is 8.93. The first-order valence-electron chi connectivity index (χ1n) is 8.96. The van der Waals surface area contributed by atoms with E-state index in [9.17, 15) is 15.3 Å². The van der Waals surface area contributed by atoms with Gasteiger partial charge in [-0.05, 0) is 19.8 Å². The van der Waals surface area contributed by atoms with Gasteiger partial charge in [0.2, 0.25) is 11.8 Å². The number of aliphatic hydroxyl groups is 3. The third-order valence-corrected chi connectivity index (χ3v) is 4.40. The summed E-state index contributed by atoms with van der Waals surface area (Å²) in [7, 11) is 0. The van der Waals surface area contributed by atoms with Crippen LogP contribution in [0.2, 0.25) is 0 Å². The van der Waals surface area contributed by atoms with Crippen LogP contribution in [-0.2, 0) is 14.2 Å². The summed E-state index contributed by atoms with van der Waals surface area (Å²) in [5.74, 6) is 1.25. The van der Waals surface area contributed by atoms with Gasteiger partial charge in [0.15, 0.2) is 0 Å². The van der Waals surface area contributed by atoms with Gasteiger partial charge in [-0.25, -0.2) is 9.98 Å². The van der Waals surface area contributed by atoms with E-state index in [2.05, 4.69) is 9.98 Å². The summed E-state index contributed by atoms with van der Waals surface area (Å²) < 4.78 is 16.9. The molecule has 0 saturated carbocycles. The molecule has 0 unspecified atom stereocenters. The lowest BCUT2D eigenvalue weighted by atomic mass is 9.99. The fourth-order valence-electron chi connectivity index (χ4n) is 3.09. The molecule has 1 saturated heterocycles. The van der Waals surface area contributed by atoms with E-state index >= 15 is 0 Å². The Kier molecular flexibility index (Phi) is 7.18. The monoisotopic (exact) mass is 358 g/mol. The highest BCUT2D eigenvalue weighted by molar-refractivity contribution is 5.94. The normalized spacial score (nSPS) is 35.5. The highest BCUT2D eigenvalue weighted by atomic mass is 16.6. The fraction of sp³-hybridized carbons (Fsp3) is 0.882. The van der Waals surface area contributed by atoms with Gasteiger partial charge in [0.05, 0.1) is 25.9 Å². The van der Waals surface area contributed by atoms with Crippen molar-refractivity contribution in [2.24, 2.45) is 15.9 Å². The van der Waals surface area contributed by atoms with Crippen LogP contribution in [-0.4, -0.2) is 83.4 Å². The molecule has 0 aromatic carbocycles. The standard InChI is InChI=1S/C17H30N2O6/c1-5-23-16-10(7-11-14(21)15(22)12(8-20)25-11)18-17(24-6-2)13(19-16)9(3)4/h9-15,20-22H,5-8H2,1-4H3/t10-,11+,12+,13+,14+,15+/m0/s1. The lowest BCUT2D eigenvalue weighted by molar-refractivity contribution is -0.0248. The summed E-state index contributed by atoms with van der Waals surface area (Å²) >= 11 is 0. The van der Waals surface area contributed by atoms with Crippen molar-refractivity contribution in [2.75, 3.05) is 19.8 Å². The zero-order chi connectivity index (χ0) is 18.6. The Morgan fingerprint density at radius 1 is 1.00 bits per heavy atom. The third kappa shape index (κ3) is 4.49. The molecule has 6 atom stereocenters. The molecule has 25 heavy (non-hydrogen) atoms. The molecule has 0 radical (unpaired) electrons. The van der Waals surface area contributed by atoms with Crippen LogP contribution in [0, 0.1) is 5.92 Å². The van der Waals surface area contributed by atoms with E-state index in [1.165, 1.54) is 0 Å². The van der Waals surface area contributed by atoms with Crippen LogP contribution in [0.3, 0.4) is 0 Å². The third-order valence-electron chi connectivity index (χ3n) is 4.40. The van der Waals surface area contributed by atoms with Crippen molar-refractivity contribution in [3.05, 3.63) is 0 Å². The molecule has 2 heterocycles. The van der Waals surface area contributed by atoms with Crippen molar-refractivity contribution < 1.29 is 29.5 Å². The molecule has 1 fully saturated rings. The van der Waals surface area contributed by atoms with Gasteiger partial charge in [0.25, 0.3) is 0 Å². The molecule has 0 aromatic heterocycles. The Labute approximate surface area is 148 Å². The molecular weight excluding hydrogens is 328 g/mol. The summed E-state index contributed by atoms with van der Waals surface area (Å²) in [5, 5.41) is 29.3. The second-order valence-electron chi connectivity index (χ2n) is 6.62. The number of nitrogens with zero attached hydrogens (tertiary/aromatic N) is 2. The first kappa shape index (κ1) is 20.1.